The van der Waals surface area contributed by atoms with Crippen molar-refractivity contribution < 1.29 is 14.3 Å². The zero-order chi connectivity index (χ0) is 17.5. The number of rotatable bonds is 7. The minimum Gasteiger partial charge on any atom is -0.491 e. The lowest BCUT2D eigenvalue weighted by Crippen LogP contribution is -2.35. The summed E-state index contributed by atoms with van der Waals surface area (Å²) in [5, 5.41) is 2.88. The summed E-state index contributed by atoms with van der Waals surface area (Å²) >= 11 is 3.37. The molecule has 5 heteroatoms. The Bertz CT molecular complexity index is 671. The molecule has 0 bridgehead atoms. The van der Waals surface area contributed by atoms with Crippen molar-refractivity contribution in [3.63, 3.8) is 0 Å². The number of ether oxygens (including phenoxy) is 2. The van der Waals surface area contributed by atoms with E-state index >= 15 is 0 Å². The van der Waals surface area contributed by atoms with E-state index in [1.54, 1.807) is 6.92 Å². The van der Waals surface area contributed by atoms with Crippen molar-refractivity contribution in [2.75, 3.05) is 0 Å². The van der Waals surface area contributed by atoms with Gasteiger partial charge in [-0.2, -0.15) is 0 Å². The molecule has 0 heterocycles. The molecular formula is C19H22BrNO3. The normalized spacial score (nSPS) is 11.9. The lowest BCUT2D eigenvalue weighted by atomic mass is 10.2. The van der Waals surface area contributed by atoms with Crippen LogP contribution in [0.5, 0.6) is 11.5 Å². The Morgan fingerprint density at radius 3 is 2.42 bits per heavy atom. The Kier molecular flexibility index (Phi) is 6.67. The quantitative estimate of drug-likeness (QED) is 0.764. The molecule has 2 aromatic rings. The maximum absolute atomic E-state index is 12.2. The second kappa shape index (κ2) is 8.73. The second-order valence-electron chi connectivity index (χ2n) is 5.75. The number of amides is 1. The Hall–Kier alpha value is -2.01. The average molecular weight is 392 g/mol. The van der Waals surface area contributed by atoms with Crippen LogP contribution in [0.4, 0.5) is 0 Å². The molecular weight excluding hydrogens is 370 g/mol. The van der Waals surface area contributed by atoms with Gasteiger partial charge in [0.2, 0.25) is 0 Å². The van der Waals surface area contributed by atoms with Crippen LogP contribution in [0, 0.1) is 0 Å². The zero-order valence-corrected chi connectivity index (χ0v) is 15.7. The Balaban J connectivity index is 1.86. The molecule has 0 aliphatic heterocycles. The van der Waals surface area contributed by atoms with E-state index in [2.05, 4.69) is 21.2 Å². The van der Waals surface area contributed by atoms with Gasteiger partial charge in [-0.15, -0.1) is 0 Å². The Morgan fingerprint density at radius 2 is 1.75 bits per heavy atom. The molecule has 0 saturated heterocycles. The summed E-state index contributed by atoms with van der Waals surface area (Å²) in [5.41, 5.74) is 0.984. The molecule has 2 rings (SSSR count). The number of nitrogens with one attached hydrogen (secondary N) is 1. The lowest BCUT2D eigenvalue weighted by molar-refractivity contribution is -0.127. The van der Waals surface area contributed by atoms with Gasteiger partial charge in [0.15, 0.2) is 6.10 Å². The molecule has 0 spiro atoms. The molecule has 1 atom stereocenters. The van der Waals surface area contributed by atoms with Gasteiger partial charge in [-0.3, -0.25) is 4.79 Å². The largest absolute Gasteiger partial charge is 0.491 e. The standard InChI is InChI=1S/C19H22BrNO3/c1-13(2)23-18-6-4-5-15(11-18)12-21-19(22)14(3)24-17-9-7-16(20)8-10-17/h4-11,13-14H,12H2,1-3H3,(H,21,22)/t14-/m0/s1. The lowest BCUT2D eigenvalue weighted by Gasteiger charge is -2.15. The first-order chi connectivity index (χ1) is 11.4. The van der Waals surface area contributed by atoms with Crippen molar-refractivity contribution in [3.8, 4) is 11.5 Å². The molecule has 4 nitrogen and oxygen atoms in total. The highest BCUT2D eigenvalue weighted by atomic mass is 79.9. The molecule has 24 heavy (non-hydrogen) atoms. The molecule has 1 amide bonds. The van der Waals surface area contributed by atoms with Gasteiger partial charge in [0, 0.05) is 11.0 Å². The average Bonchev–Trinajstić information content (AvgIpc) is 2.54. The summed E-state index contributed by atoms with van der Waals surface area (Å²) in [6.45, 7) is 6.13. The van der Waals surface area contributed by atoms with Crippen molar-refractivity contribution in [3.05, 3.63) is 58.6 Å². The Morgan fingerprint density at radius 1 is 1.04 bits per heavy atom. The summed E-state index contributed by atoms with van der Waals surface area (Å²) in [6, 6.07) is 15.1. The number of carbonyl (C=O) groups is 1. The zero-order valence-electron chi connectivity index (χ0n) is 14.1. The van der Waals surface area contributed by atoms with Crippen LogP contribution in [0.15, 0.2) is 53.0 Å². The van der Waals surface area contributed by atoms with Crippen molar-refractivity contribution in [2.45, 2.75) is 39.5 Å². The summed E-state index contributed by atoms with van der Waals surface area (Å²) in [7, 11) is 0. The summed E-state index contributed by atoms with van der Waals surface area (Å²) in [4.78, 5) is 12.2. The number of benzene rings is 2. The van der Waals surface area contributed by atoms with E-state index in [9.17, 15) is 4.79 Å². The van der Waals surface area contributed by atoms with Crippen LogP contribution in [-0.4, -0.2) is 18.1 Å². The van der Waals surface area contributed by atoms with E-state index in [1.807, 2.05) is 62.4 Å². The fourth-order valence-corrected chi connectivity index (χ4v) is 2.37. The SMILES string of the molecule is CC(C)Oc1cccc(CNC(=O)[C@H](C)Oc2ccc(Br)cc2)c1. The minimum absolute atomic E-state index is 0.120. The number of halogens is 1. The van der Waals surface area contributed by atoms with Crippen LogP contribution in [0.2, 0.25) is 0 Å². The molecule has 2 aromatic carbocycles. The molecule has 1 N–H and O–H groups in total. The van der Waals surface area contributed by atoms with Crippen molar-refractivity contribution >= 4 is 21.8 Å². The first-order valence-electron chi connectivity index (χ1n) is 7.89. The molecule has 0 aliphatic carbocycles. The summed E-state index contributed by atoms with van der Waals surface area (Å²) in [5.74, 6) is 1.30. The van der Waals surface area contributed by atoms with E-state index in [0.717, 1.165) is 15.8 Å². The van der Waals surface area contributed by atoms with Gasteiger partial charge < -0.3 is 14.8 Å². The highest BCUT2D eigenvalue weighted by molar-refractivity contribution is 9.10. The molecule has 0 unspecified atom stereocenters. The van der Waals surface area contributed by atoms with Crippen molar-refractivity contribution in [2.24, 2.45) is 0 Å². The second-order valence-corrected chi connectivity index (χ2v) is 6.66. The van der Waals surface area contributed by atoms with Crippen LogP contribution in [-0.2, 0) is 11.3 Å². The van der Waals surface area contributed by atoms with Gasteiger partial charge in [0.1, 0.15) is 11.5 Å². The maximum Gasteiger partial charge on any atom is 0.261 e. The molecule has 0 aromatic heterocycles. The van der Waals surface area contributed by atoms with Crippen LogP contribution in [0.25, 0.3) is 0 Å². The van der Waals surface area contributed by atoms with Crippen molar-refractivity contribution in [1.29, 1.82) is 0 Å². The first kappa shape index (κ1) is 18.3. The third kappa shape index (κ3) is 5.89. The molecule has 128 valence electrons. The first-order valence-corrected chi connectivity index (χ1v) is 8.69. The van der Waals surface area contributed by atoms with Crippen molar-refractivity contribution in [1.82, 2.24) is 5.32 Å². The number of carbonyl (C=O) groups excluding carboxylic acids is 1. The van der Waals surface area contributed by atoms with E-state index in [4.69, 9.17) is 9.47 Å². The van der Waals surface area contributed by atoms with Crippen LogP contribution >= 0.6 is 15.9 Å². The summed E-state index contributed by atoms with van der Waals surface area (Å²) in [6.07, 6.45) is -0.449. The van der Waals surface area contributed by atoms with Gasteiger partial charge in [0.05, 0.1) is 6.10 Å². The van der Waals surface area contributed by atoms with Gasteiger partial charge in [0.25, 0.3) is 5.91 Å². The predicted octanol–water partition coefficient (Wildman–Crippen LogP) is 4.32. The molecule has 0 aliphatic rings. The third-order valence-electron chi connectivity index (χ3n) is 3.23. The highest BCUT2D eigenvalue weighted by Gasteiger charge is 2.14. The summed E-state index contributed by atoms with van der Waals surface area (Å²) < 4.78 is 12.3. The van der Waals surface area contributed by atoms with Gasteiger partial charge in [-0.1, -0.05) is 28.1 Å². The van der Waals surface area contributed by atoms with E-state index in [-0.39, 0.29) is 12.0 Å². The van der Waals surface area contributed by atoms with E-state index in [1.165, 1.54) is 0 Å². The molecule has 0 saturated carbocycles. The smallest absolute Gasteiger partial charge is 0.261 e. The minimum atomic E-state index is -0.568. The van der Waals surface area contributed by atoms with E-state index < -0.39 is 6.10 Å². The Labute approximate surface area is 151 Å². The van der Waals surface area contributed by atoms with Crippen LogP contribution < -0.4 is 14.8 Å². The number of hydrogen-bond acceptors (Lipinski definition) is 3. The predicted molar refractivity (Wildman–Crippen MR) is 98.3 cm³/mol. The van der Waals surface area contributed by atoms with Gasteiger partial charge in [-0.25, -0.2) is 0 Å². The van der Waals surface area contributed by atoms with Gasteiger partial charge in [-0.05, 0) is 62.7 Å². The molecule has 0 radical (unpaired) electrons. The highest BCUT2D eigenvalue weighted by Crippen LogP contribution is 2.18. The monoisotopic (exact) mass is 391 g/mol. The fourth-order valence-electron chi connectivity index (χ4n) is 2.10. The molecule has 0 fully saturated rings. The third-order valence-corrected chi connectivity index (χ3v) is 3.76. The number of hydrogen-bond donors (Lipinski definition) is 1. The topological polar surface area (TPSA) is 47.6 Å². The van der Waals surface area contributed by atoms with Crippen LogP contribution in [0.1, 0.15) is 26.3 Å². The van der Waals surface area contributed by atoms with E-state index in [0.29, 0.717) is 12.3 Å². The maximum atomic E-state index is 12.2. The van der Waals surface area contributed by atoms with Gasteiger partial charge >= 0.3 is 0 Å². The van der Waals surface area contributed by atoms with Crippen LogP contribution in [0.3, 0.4) is 0 Å². The fraction of sp³-hybridized carbons (Fsp3) is 0.316.